The lowest BCUT2D eigenvalue weighted by molar-refractivity contribution is -0.159. The number of carbonyl (C=O) groups is 4. The van der Waals surface area contributed by atoms with Crippen LogP contribution < -0.4 is 14.8 Å². The summed E-state index contributed by atoms with van der Waals surface area (Å²) >= 11 is 0. The number of benzene rings is 1. The third-order valence-electron chi connectivity index (χ3n) is 10.1. The predicted octanol–water partition coefficient (Wildman–Crippen LogP) is 4.03. The maximum Gasteiger partial charge on any atom is 0.307 e. The first kappa shape index (κ1) is 37.6. The Bertz CT molecular complexity index is 1880. The van der Waals surface area contributed by atoms with Crippen LogP contribution in [0, 0.1) is 17.7 Å². The highest BCUT2D eigenvalue weighted by Gasteiger charge is 2.62. The van der Waals surface area contributed by atoms with Crippen LogP contribution in [-0.4, -0.2) is 82.1 Å². The summed E-state index contributed by atoms with van der Waals surface area (Å²) in [7, 11) is -3.90. The molecule has 5 atom stereocenters. The van der Waals surface area contributed by atoms with Crippen molar-refractivity contribution in [1.29, 1.82) is 0 Å². The first-order chi connectivity index (χ1) is 24.6. The average Bonchev–Trinajstić information content (AvgIpc) is 3.99. The molecule has 6 rings (SSSR count). The van der Waals surface area contributed by atoms with E-state index in [2.05, 4.69) is 20.0 Å². The molecular weight excluding hydrogens is 693 g/mol. The predicted molar refractivity (Wildman–Crippen MR) is 189 cm³/mol. The molecule has 282 valence electrons. The third-order valence-corrected chi connectivity index (χ3v) is 11.9. The van der Waals surface area contributed by atoms with Gasteiger partial charge in [-0.05, 0) is 77.8 Å². The van der Waals surface area contributed by atoms with Crippen LogP contribution in [0.15, 0.2) is 30.4 Å². The van der Waals surface area contributed by atoms with Crippen molar-refractivity contribution < 1.29 is 41.5 Å². The van der Waals surface area contributed by atoms with Crippen molar-refractivity contribution in [2.24, 2.45) is 11.8 Å². The zero-order chi connectivity index (χ0) is 37.4. The Morgan fingerprint density at radius 1 is 1.12 bits per heavy atom. The molecule has 15 heteroatoms. The number of allylic oxidation sites excluding steroid dienone is 1. The minimum Gasteiger partial charge on any atom is -0.471 e. The highest BCUT2D eigenvalue weighted by Crippen LogP contribution is 2.46. The second kappa shape index (κ2) is 14.7. The number of ether oxygens (including phenoxy) is 2. The number of aryl methyl sites for hydroxylation is 1. The molecule has 2 aromatic rings. The number of fused-ring (bicyclic) bond motifs is 3. The van der Waals surface area contributed by atoms with Crippen LogP contribution in [0.5, 0.6) is 5.88 Å². The zero-order valence-electron chi connectivity index (χ0n) is 30.2. The molecule has 4 aliphatic rings. The summed E-state index contributed by atoms with van der Waals surface area (Å²) in [6.07, 6.45) is 7.68. The van der Waals surface area contributed by atoms with Crippen LogP contribution in [0.2, 0.25) is 0 Å². The molecule has 0 spiro atoms. The summed E-state index contributed by atoms with van der Waals surface area (Å²) in [6, 6.07) is 3.33. The summed E-state index contributed by atoms with van der Waals surface area (Å²) in [6.45, 7) is 7.05. The third kappa shape index (κ3) is 8.39. The van der Waals surface area contributed by atoms with Gasteiger partial charge in [-0.3, -0.25) is 23.9 Å². The Labute approximate surface area is 303 Å². The van der Waals surface area contributed by atoms with Crippen LogP contribution in [0.3, 0.4) is 0 Å². The number of aromatic nitrogens is 2. The van der Waals surface area contributed by atoms with E-state index < -0.39 is 79.9 Å². The number of nitrogens with zero attached hydrogens (tertiary/aromatic N) is 3. The van der Waals surface area contributed by atoms with Gasteiger partial charge in [0.25, 0.3) is 5.91 Å². The van der Waals surface area contributed by atoms with Crippen LogP contribution in [0.1, 0.15) is 97.6 Å². The molecule has 3 amide bonds. The number of nitrogens with one attached hydrogen (secondary N) is 2. The van der Waals surface area contributed by atoms with Gasteiger partial charge >= 0.3 is 5.97 Å². The van der Waals surface area contributed by atoms with E-state index in [1.807, 2.05) is 19.1 Å². The van der Waals surface area contributed by atoms with E-state index in [4.69, 9.17) is 9.47 Å². The first-order valence-corrected chi connectivity index (χ1v) is 19.8. The number of carbonyl (C=O) groups excluding carboxylic acids is 4. The molecule has 2 N–H and O–H groups in total. The number of para-hydroxylation sites is 1. The van der Waals surface area contributed by atoms with Crippen LogP contribution in [-0.2, 0) is 40.4 Å². The van der Waals surface area contributed by atoms with E-state index in [9.17, 15) is 32.0 Å². The van der Waals surface area contributed by atoms with Crippen LogP contribution in [0.4, 0.5) is 4.39 Å². The molecule has 13 nitrogen and oxygen atoms in total. The summed E-state index contributed by atoms with van der Waals surface area (Å²) < 4.78 is 54.4. The quantitative estimate of drug-likeness (QED) is 0.297. The van der Waals surface area contributed by atoms with Gasteiger partial charge < -0.3 is 19.7 Å². The van der Waals surface area contributed by atoms with Crippen molar-refractivity contribution >= 4 is 44.7 Å². The average molecular weight is 742 g/mol. The lowest BCUT2D eigenvalue weighted by Gasteiger charge is -2.30. The van der Waals surface area contributed by atoms with Crippen molar-refractivity contribution in [3.63, 3.8) is 0 Å². The second-order valence-corrected chi connectivity index (χ2v) is 17.4. The fraction of sp³-hybridized carbons (Fsp3) is 0.622. The van der Waals surface area contributed by atoms with E-state index >= 15 is 0 Å². The number of esters is 1. The number of amides is 3. The number of sulfonamides is 1. The van der Waals surface area contributed by atoms with Gasteiger partial charge in [-0.15, -0.1) is 0 Å². The van der Waals surface area contributed by atoms with Gasteiger partial charge in [0.1, 0.15) is 34.5 Å². The van der Waals surface area contributed by atoms with Gasteiger partial charge in [0.05, 0.1) is 23.7 Å². The van der Waals surface area contributed by atoms with E-state index in [1.54, 1.807) is 32.9 Å². The maximum absolute atomic E-state index is 14.7. The molecule has 0 unspecified atom stereocenters. The van der Waals surface area contributed by atoms with Gasteiger partial charge in [-0.2, -0.15) is 0 Å². The van der Waals surface area contributed by atoms with Crippen molar-refractivity contribution in [3.8, 4) is 5.88 Å². The lowest BCUT2D eigenvalue weighted by Crippen LogP contribution is -2.57. The molecule has 2 aliphatic heterocycles. The summed E-state index contributed by atoms with van der Waals surface area (Å²) in [5.74, 6) is -4.14. The molecule has 1 aromatic carbocycles. The highest BCUT2D eigenvalue weighted by atomic mass is 32.2. The number of hydrogen-bond acceptors (Lipinski definition) is 10. The van der Waals surface area contributed by atoms with Gasteiger partial charge in [0.15, 0.2) is 5.82 Å². The SMILES string of the molecule is CCc1nc2cccc(F)c2nc1O[C@@H]1C[C@H]2C(=O)N[C@]3(C(=O)NS(=O)(=O)C4CC4)C[C@H]3/C=C\CCCCC[C@H](CC(=O)OC(C)(C)C)C(=O)N2C1. The minimum atomic E-state index is -3.90. The standard InChI is InChI=1S/C37H48FN5O8S/c1-5-27-33(40-31-26(38)14-11-15-28(31)39-27)50-24-19-29-32(45)41-37(35(47)42-52(48,49)25-16-17-25)20-23(37)13-10-8-6-7-9-12-22(34(46)43(29)21-24)18-30(44)51-36(2,3)4/h10-11,13-15,22-25,29H,5-9,12,16-21H2,1-4H3,(H,41,45)(H,42,47)/b13-10-/t22-,23-,24-,29+,37-/m1/s1. The van der Waals surface area contributed by atoms with Gasteiger partial charge in [-0.1, -0.05) is 38.0 Å². The summed E-state index contributed by atoms with van der Waals surface area (Å²) in [4.78, 5) is 65.8. The van der Waals surface area contributed by atoms with Crippen molar-refractivity contribution in [1.82, 2.24) is 24.9 Å². The molecule has 2 saturated carbocycles. The molecule has 3 fully saturated rings. The molecule has 1 saturated heterocycles. The highest BCUT2D eigenvalue weighted by molar-refractivity contribution is 7.91. The number of halogens is 1. The summed E-state index contributed by atoms with van der Waals surface area (Å²) in [5.41, 5.74) is -1.42. The molecule has 52 heavy (non-hydrogen) atoms. The molecule has 0 radical (unpaired) electrons. The largest absolute Gasteiger partial charge is 0.471 e. The van der Waals surface area contributed by atoms with Gasteiger partial charge in [0.2, 0.25) is 27.7 Å². The Kier molecular flexibility index (Phi) is 10.6. The van der Waals surface area contributed by atoms with Crippen molar-refractivity contribution in [3.05, 3.63) is 41.9 Å². The van der Waals surface area contributed by atoms with Gasteiger partial charge in [0, 0.05) is 18.3 Å². The lowest BCUT2D eigenvalue weighted by atomic mass is 9.95. The maximum atomic E-state index is 14.7. The second-order valence-electron chi connectivity index (χ2n) is 15.4. The van der Waals surface area contributed by atoms with Crippen LogP contribution in [0.25, 0.3) is 11.0 Å². The topological polar surface area (TPSA) is 174 Å². The Morgan fingerprint density at radius 2 is 1.88 bits per heavy atom. The molecule has 1 aromatic heterocycles. The molecular formula is C37H48FN5O8S. The Morgan fingerprint density at radius 3 is 2.60 bits per heavy atom. The minimum absolute atomic E-state index is 0.00451. The molecule has 2 aliphatic carbocycles. The van der Waals surface area contributed by atoms with Gasteiger partial charge in [-0.25, -0.2) is 22.8 Å². The smallest absolute Gasteiger partial charge is 0.307 e. The fourth-order valence-electron chi connectivity index (χ4n) is 7.11. The van der Waals surface area contributed by atoms with Crippen LogP contribution >= 0.6 is 0 Å². The Balaban J connectivity index is 1.32. The fourth-order valence-corrected chi connectivity index (χ4v) is 8.47. The number of hydrogen-bond donors (Lipinski definition) is 2. The van der Waals surface area contributed by atoms with Crippen molar-refractivity contribution in [2.45, 2.75) is 127 Å². The number of rotatable bonds is 8. The molecule has 3 heterocycles. The monoisotopic (exact) mass is 741 g/mol. The van der Waals surface area contributed by atoms with E-state index in [0.717, 1.165) is 12.8 Å². The van der Waals surface area contributed by atoms with Crippen molar-refractivity contribution in [2.75, 3.05) is 6.54 Å². The van der Waals surface area contributed by atoms with E-state index in [0.29, 0.717) is 49.7 Å². The van der Waals surface area contributed by atoms with E-state index in [-0.39, 0.29) is 37.2 Å². The summed E-state index contributed by atoms with van der Waals surface area (Å²) in [5, 5.41) is 2.21. The Hall–Kier alpha value is -4.14. The van der Waals surface area contributed by atoms with E-state index in [1.165, 1.54) is 11.0 Å². The normalized spacial score (nSPS) is 27.8. The first-order valence-electron chi connectivity index (χ1n) is 18.3. The zero-order valence-corrected chi connectivity index (χ0v) is 31.0. The molecule has 0 bridgehead atoms.